The van der Waals surface area contributed by atoms with Gasteiger partial charge in [0.25, 0.3) is 5.91 Å². The number of hydrogen-bond donors (Lipinski definition) is 0. The molecule has 0 N–H and O–H groups in total. The van der Waals surface area contributed by atoms with Crippen LogP contribution < -0.4 is 4.90 Å². The molecule has 0 atom stereocenters. The van der Waals surface area contributed by atoms with Gasteiger partial charge in [0.15, 0.2) is 0 Å². The molecule has 0 saturated heterocycles. The van der Waals surface area contributed by atoms with Crippen LogP contribution in [-0.2, 0) is 0 Å². The van der Waals surface area contributed by atoms with Gasteiger partial charge in [-0.1, -0.05) is 6.07 Å². The molecule has 0 aromatic carbocycles. The fraction of sp³-hybridized carbons (Fsp3) is 0.133. The Morgan fingerprint density at radius 1 is 1.25 bits per heavy atom. The molecule has 0 fully saturated rings. The molecule has 0 saturated carbocycles. The van der Waals surface area contributed by atoms with Gasteiger partial charge in [-0.3, -0.25) is 9.78 Å². The van der Waals surface area contributed by atoms with Gasteiger partial charge in [-0.05, 0) is 36.8 Å². The third-order valence-corrected chi connectivity index (χ3v) is 3.21. The third-order valence-electron chi connectivity index (χ3n) is 3.21. The number of aromatic nitrogens is 3. The summed E-state index contributed by atoms with van der Waals surface area (Å²) in [6.45, 7) is 1.94. The lowest BCUT2D eigenvalue weighted by Gasteiger charge is -2.17. The quantitative estimate of drug-likeness (QED) is 0.715. The normalized spacial score (nSPS) is 10.7. The molecule has 0 aliphatic rings. The monoisotopic (exact) mass is 266 g/mol. The molecule has 3 aromatic heterocycles. The van der Waals surface area contributed by atoms with Crippen molar-refractivity contribution in [2.24, 2.45) is 0 Å². The van der Waals surface area contributed by atoms with Gasteiger partial charge in [-0.25, -0.2) is 4.52 Å². The van der Waals surface area contributed by atoms with Gasteiger partial charge in [0, 0.05) is 31.3 Å². The molecule has 3 aromatic rings. The van der Waals surface area contributed by atoms with Crippen molar-refractivity contribution in [3.8, 4) is 0 Å². The molecule has 1 amide bonds. The maximum atomic E-state index is 12.4. The standard InChI is InChI=1S/C15H14N4O/c1-11-3-4-14(16-10-11)15(20)18(2)12-6-8-19-13(9-12)5-7-17-19/h3-10H,1-2H3. The van der Waals surface area contributed by atoms with Gasteiger partial charge in [-0.2, -0.15) is 5.10 Å². The SMILES string of the molecule is Cc1ccc(C(=O)N(C)c2ccn3nccc3c2)nc1. The van der Waals surface area contributed by atoms with Crippen molar-refractivity contribution in [1.29, 1.82) is 0 Å². The minimum absolute atomic E-state index is 0.131. The Morgan fingerprint density at radius 2 is 2.10 bits per heavy atom. The average Bonchev–Trinajstić information content (AvgIpc) is 2.94. The van der Waals surface area contributed by atoms with E-state index < -0.39 is 0 Å². The summed E-state index contributed by atoms with van der Waals surface area (Å²) in [4.78, 5) is 18.1. The Hall–Kier alpha value is -2.69. The minimum atomic E-state index is -0.131. The summed E-state index contributed by atoms with van der Waals surface area (Å²) < 4.78 is 1.76. The predicted molar refractivity (Wildman–Crippen MR) is 76.9 cm³/mol. The first kappa shape index (κ1) is 12.3. The van der Waals surface area contributed by atoms with Crippen molar-refractivity contribution in [3.05, 3.63) is 60.2 Å². The number of anilines is 1. The van der Waals surface area contributed by atoms with Crippen molar-refractivity contribution >= 4 is 17.1 Å². The Bertz CT molecular complexity index is 761. The van der Waals surface area contributed by atoms with Crippen molar-refractivity contribution in [2.75, 3.05) is 11.9 Å². The van der Waals surface area contributed by atoms with Gasteiger partial charge in [0.1, 0.15) is 5.69 Å². The van der Waals surface area contributed by atoms with Crippen molar-refractivity contribution in [2.45, 2.75) is 6.92 Å². The van der Waals surface area contributed by atoms with E-state index in [9.17, 15) is 4.79 Å². The molecular formula is C15H14N4O. The highest BCUT2D eigenvalue weighted by atomic mass is 16.2. The number of aryl methyl sites for hydroxylation is 1. The van der Waals surface area contributed by atoms with Gasteiger partial charge < -0.3 is 4.90 Å². The molecule has 0 aliphatic carbocycles. The molecule has 20 heavy (non-hydrogen) atoms. The zero-order chi connectivity index (χ0) is 14.1. The first-order valence-electron chi connectivity index (χ1n) is 6.29. The molecule has 0 aliphatic heterocycles. The second kappa shape index (κ2) is 4.77. The van der Waals surface area contributed by atoms with Crippen molar-refractivity contribution in [3.63, 3.8) is 0 Å². The zero-order valence-corrected chi connectivity index (χ0v) is 11.3. The summed E-state index contributed by atoms with van der Waals surface area (Å²) >= 11 is 0. The van der Waals surface area contributed by atoms with Crippen LogP contribution in [0.3, 0.4) is 0 Å². The second-order valence-corrected chi connectivity index (χ2v) is 4.67. The molecule has 0 radical (unpaired) electrons. The highest BCUT2D eigenvalue weighted by Gasteiger charge is 2.15. The lowest BCUT2D eigenvalue weighted by molar-refractivity contribution is 0.0988. The molecule has 5 nitrogen and oxygen atoms in total. The predicted octanol–water partition coefficient (Wildman–Crippen LogP) is 2.31. The smallest absolute Gasteiger partial charge is 0.276 e. The van der Waals surface area contributed by atoms with Crippen LogP contribution >= 0.6 is 0 Å². The number of carbonyl (C=O) groups excluding carboxylic acids is 1. The largest absolute Gasteiger partial charge is 0.310 e. The van der Waals surface area contributed by atoms with E-state index in [1.54, 1.807) is 34.9 Å². The van der Waals surface area contributed by atoms with Gasteiger partial charge in [-0.15, -0.1) is 0 Å². The number of nitrogens with zero attached hydrogens (tertiary/aromatic N) is 4. The summed E-state index contributed by atoms with van der Waals surface area (Å²) in [5.41, 5.74) is 3.22. The van der Waals surface area contributed by atoms with Crippen molar-refractivity contribution in [1.82, 2.24) is 14.6 Å². The molecule has 0 bridgehead atoms. The Kier molecular flexibility index (Phi) is 2.95. The van der Waals surface area contributed by atoms with E-state index in [0.717, 1.165) is 16.8 Å². The number of carbonyl (C=O) groups is 1. The van der Waals surface area contributed by atoms with Crippen LogP contribution in [-0.4, -0.2) is 27.6 Å². The topological polar surface area (TPSA) is 50.5 Å². The fourth-order valence-electron chi connectivity index (χ4n) is 2.00. The molecule has 0 unspecified atom stereocenters. The summed E-state index contributed by atoms with van der Waals surface area (Å²) in [6, 6.07) is 9.29. The summed E-state index contributed by atoms with van der Waals surface area (Å²) in [6.07, 6.45) is 5.25. The summed E-state index contributed by atoms with van der Waals surface area (Å²) in [5.74, 6) is -0.131. The first-order chi connectivity index (χ1) is 9.65. The summed E-state index contributed by atoms with van der Waals surface area (Å²) in [5, 5.41) is 4.13. The molecule has 3 heterocycles. The fourth-order valence-corrected chi connectivity index (χ4v) is 2.00. The third kappa shape index (κ3) is 2.14. The molecule has 0 spiro atoms. The van der Waals surface area contributed by atoms with Crippen LogP contribution in [0, 0.1) is 6.92 Å². The minimum Gasteiger partial charge on any atom is -0.310 e. The van der Waals surface area contributed by atoms with E-state index in [0.29, 0.717) is 5.69 Å². The van der Waals surface area contributed by atoms with Crippen molar-refractivity contribution < 1.29 is 4.79 Å². The maximum Gasteiger partial charge on any atom is 0.276 e. The lowest BCUT2D eigenvalue weighted by atomic mass is 10.2. The Morgan fingerprint density at radius 3 is 2.85 bits per heavy atom. The highest BCUT2D eigenvalue weighted by molar-refractivity contribution is 6.04. The highest BCUT2D eigenvalue weighted by Crippen LogP contribution is 2.17. The Labute approximate surface area is 116 Å². The van der Waals surface area contributed by atoms with E-state index in [-0.39, 0.29) is 5.91 Å². The van der Waals surface area contributed by atoms with E-state index >= 15 is 0 Å². The van der Waals surface area contributed by atoms with E-state index in [1.165, 1.54) is 0 Å². The number of fused-ring (bicyclic) bond motifs is 1. The number of amides is 1. The zero-order valence-electron chi connectivity index (χ0n) is 11.3. The van der Waals surface area contributed by atoms with E-state index in [4.69, 9.17) is 0 Å². The van der Waals surface area contributed by atoms with Crippen LogP contribution in [0.2, 0.25) is 0 Å². The first-order valence-corrected chi connectivity index (χ1v) is 6.29. The number of hydrogen-bond acceptors (Lipinski definition) is 3. The summed E-state index contributed by atoms with van der Waals surface area (Å²) in [7, 11) is 1.74. The second-order valence-electron chi connectivity index (χ2n) is 4.67. The maximum absolute atomic E-state index is 12.4. The molecule has 100 valence electrons. The molecule has 5 heteroatoms. The van der Waals surface area contributed by atoms with Crippen LogP contribution in [0.1, 0.15) is 16.1 Å². The van der Waals surface area contributed by atoms with Crippen LogP contribution in [0.5, 0.6) is 0 Å². The van der Waals surface area contributed by atoms with Crippen LogP contribution in [0.15, 0.2) is 48.9 Å². The van der Waals surface area contributed by atoms with Crippen LogP contribution in [0.4, 0.5) is 5.69 Å². The van der Waals surface area contributed by atoms with Gasteiger partial charge >= 0.3 is 0 Å². The molecular weight excluding hydrogens is 252 g/mol. The lowest BCUT2D eigenvalue weighted by Crippen LogP contribution is -2.27. The van der Waals surface area contributed by atoms with Crippen LogP contribution in [0.25, 0.3) is 5.52 Å². The molecule has 3 rings (SSSR count). The Balaban J connectivity index is 1.92. The van der Waals surface area contributed by atoms with Gasteiger partial charge in [0.2, 0.25) is 0 Å². The van der Waals surface area contributed by atoms with Gasteiger partial charge in [0.05, 0.1) is 5.52 Å². The number of pyridine rings is 2. The average molecular weight is 266 g/mol. The van der Waals surface area contributed by atoms with E-state index in [1.807, 2.05) is 37.4 Å². The number of rotatable bonds is 2. The van der Waals surface area contributed by atoms with E-state index in [2.05, 4.69) is 10.1 Å².